The molecule has 1 aromatic carbocycles. The van der Waals surface area contributed by atoms with Crippen LogP contribution in [-0.2, 0) is 12.8 Å². The highest BCUT2D eigenvalue weighted by atomic mass is 32.1. The number of aryl methyl sites for hydroxylation is 2. The zero-order valence-corrected chi connectivity index (χ0v) is 14.9. The molecule has 126 valence electrons. The van der Waals surface area contributed by atoms with E-state index >= 15 is 0 Å². The number of anilines is 1. The Morgan fingerprint density at radius 3 is 2.50 bits per heavy atom. The van der Waals surface area contributed by atoms with Crippen LogP contribution in [0.5, 0.6) is 0 Å². The van der Waals surface area contributed by atoms with E-state index in [9.17, 15) is 9.59 Å². The Morgan fingerprint density at radius 1 is 1.08 bits per heavy atom. The molecule has 1 heterocycles. The van der Waals surface area contributed by atoms with Crippen LogP contribution < -0.4 is 10.6 Å². The van der Waals surface area contributed by atoms with Gasteiger partial charge in [0.1, 0.15) is 5.00 Å². The summed E-state index contributed by atoms with van der Waals surface area (Å²) >= 11 is 1.55. The maximum Gasteiger partial charge on any atom is 0.256 e. The van der Waals surface area contributed by atoms with Gasteiger partial charge in [-0.05, 0) is 57.2 Å². The summed E-state index contributed by atoms with van der Waals surface area (Å²) < 4.78 is 0. The highest BCUT2D eigenvalue weighted by Crippen LogP contribution is 2.38. The molecular weight excluding hydrogens is 320 g/mol. The third kappa shape index (κ3) is 3.36. The second kappa shape index (κ2) is 7.18. The van der Waals surface area contributed by atoms with Crippen molar-refractivity contribution in [2.24, 2.45) is 0 Å². The molecule has 0 bridgehead atoms. The molecule has 1 aromatic heterocycles. The van der Waals surface area contributed by atoms with Crippen LogP contribution in [0.1, 0.15) is 56.5 Å². The van der Waals surface area contributed by atoms with E-state index < -0.39 is 0 Å². The number of amides is 2. The average molecular weight is 342 g/mol. The van der Waals surface area contributed by atoms with Gasteiger partial charge in [0.25, 0.3) is 11.8 Å². The van der Waals surface area contributed by atoms with Crippen molar-refractivity contribution in [3.8, 4) is 0 Å². The average Bonchev–Trinajstić information content (AvgIpc) is 2.93. The third-order valence-corrected chi connectivity index (χ3v) is 5.48. The minimum atomic E-state index is -0.167. The molecular formula is C19H22N2O2S. The second-order valence-electron chi connectivity index (χ2n) is 6.09. The summed E-state index contributed by atoms with van der Waals surface area (Å²) in [5, 5.41) is 6.52. The second-order valence-corrected chi connectivity index (χ2v) is 7.20. The van der Waals surface area contributed by atoms with E-state index in [1.165, 1.54) is 4.88 Å². The zero-order chi connectivity index (χ0) is 17.1. The molecule has 4 nitrogen and oxygen atoms in total. The van der Waals surface area contributed by atoms with E-state index in [1.54, 1.807) is 11.3 Å². The Hall–Kier alpha value is -2.14. The summed E-state index contributed by atoms with van der Waals surface area (Å²) in [4.78, 5) is 26.3. The molecule has 0 unspecified atom stereocenters. The van der Waals surface area contributed by atoms with Crippen LogP contribution in [0.2, 0.25) is 0 Å². The Morgan fingerprint density at radius 2 is 1.79 bits per heavy atom. The van der Waals surface area contributed by atoms with Crippen LogP contribution in [0, 0.1) is 6.92 Å². The molecule has 2 amide bonds. The number of carbonyl (C=O) groups is 2. The molecule has 24 heavy (non-hydrogen) atoms. The van der Waals surface area contributed by atoms with Gasteiger partial charge in [-0.3, -0.25) is 9.59 Å². The fraction of sp³-hybridized carbons (Fsp3) is 0.368. The summed E-state index contributed by atoms with van der Waals surface area (Å²) in [5.74, 6) is -0.254. The number of carbonyl (C=O) groups excluding carboxylic acids is 2. The maximum atomic E-state index is 12.5. The maximum absolute atomic E-state index is 12.5. The quantitative estimate of drug-likeness (QED) is 0.884. The van der Waals surface area contributed by atoms with Crippen molar-refractivity contribution in [2.45, 2.75) is 39.5 Å². The molecule has 0 saturated heterocycles. The molecule has 0 radical (unpaired) electrons. The Balaban J connectivity index is 1.91. The van der Waals surface area contributed by atoms with Crippen molar-refractivity contribution in [1.29, 1.82) is 0 Å². The zero-order valence-electron chi connectivity index (χ0n) is 14.1. The highest BCUT2D eigenvalue weighted by molar-refractivity contribution is 7.17. The van der Waals surface area contributed by atoms with E-state index in [-0.39, 0.29) is 11.8 Å². The highest BCUT2D eigenvalue weighted by Gasteiger charge is 2.26. The van der Waals surface area contributed by atoms with Gasteiger partial charge in [0.05, 0.1) is 5.56 Å². The lowest BCUT2D eigenvalue weighted by atomic mass is 9.95. The minimum Gasteiger partial charge on any atom is -0.352 e. The summed E-state index contributed by atoms with van der Waals surface area (Å²) in [6, 6.07) is 7.45. The normalized spacial score (nSPS) is 13.2. The van der Waals surface area contributed by atoms with Gasteiger partial charge in [0.15, 0.2) is 0 Å². The molecule has 1 aliphatic carbocycles. The predicted molar refractivity (Wildman–Crippen MR) is 98.1 cm³/mol. The monoisotopic (exact) mass is 342 g/mol. The number of hydrogen-bond donors (Lipinski definition) is 2. The molecule has 2 aromatic rings. The number of benzene rings is 1. The van der Waals surface area contributed by atoms with Crippen LogP contribution in [0.3, 0.4) is 0 Å². The first-order chi connectivity index (χ1) is 11.6. The summed E-state index contributed by atoms with van der Waals surface area (Å²) in [7, 11) is 0. The van der Waals surface area contributed by atoms with Crippen molar-refractivity contribution >= 4 is 28.2 Å². The standard InChI is InChI=1S/C19H22N2O2S/c1-3-20-18(23)16-14-6-4-5-7-15(14)24-19(16)21-17(22)13-10-8-12(2)9-11-13/h8-11H,3-7H2,1-2H3,(H,20,23)(H,21,22). The van der Waals surface area contributed by atoms with E-state index in [1.807, 2.05) is 38.1 Å². The predicted octanol–water partition coefficient (Wildman–Crippen LogP) is 3.94. The van der Waals surface area contributed by atoms with E-state index in [2.05, 4.69) is 10.6 Å². The Bertz CT molecular complexity index is 762. The van der Waals surface area contributed by atoms with Crippen molar-refractivity contribution in [3.63, 3.8) is 0 Å². The van der Waals surface area contributed by atoms with Crippen LogP contribution in [0.25, 0.3) is 0 Å². The Labute approximate surface area is 146 Å². The fourth-order valence-corrected chi connectivity index (χ4v) is 4.31. The van der Waals surface area contributed by atoms with Crippen molar-refractivity contribution < 1.29 is 9.59 Å². The molecule has 3 rings (SSSR count). The topological polar surface area (TPSA) is 58.2 Å². The number of hydrogen-bond acceptors (Lipinski definition) is 3. The van der Waals surface area contributed by atoms with Crippen LogP contribution in [0.4, 0.5) is 5.00 Å². The lowest BCUT2D eigenvalue weighted by Gasteiger charge is -2.12. The van der Waals surface area contributed by atoms with Crippen molar-refractivity contribution in [1.82, 2.24) is 5.32 Å². The van der Waals surface area contributed by atoms with Gasteiger partial charge in [0.2, 0.25) is 0 Å². The molecule has 0 atom stereocenters. The first-order valence-electron chi connectivity index (χ1n) is 8.41. The van der Waals surface area contributed by atoms with E-state index in [0.717, 1.165) is 36.8 Å². The summed E-state index contributed by atoms with van der Waals surface area (Å²) in [6.45, 7) is 4.47. The summed E-state index contributed by atoms with van der Waals surface area (Å²) in [6.07, 6.45) is 4.15. The minimum absolute atomic E-state index is 0.0869. The number of thiophene rings is 1. The molecule has 2 N–H and O–H groups in total. The van der Waals surface area contributed by atoms with Gasteiger partial charge >= 0.3 is 0 Å². The summed E-state index contributed by atoms with van der Waals surface area (Å²) in [5.41, 5.74) is 3.50. The molecule has 5 heteroatoms. The van der Waals surface area contributed by atoms with Gasteiger partial charge in [-0.2, -0.15) is 0 Å². The lowest BCUT2D eigenvalue weighted by molar-refractivity contribution is 0.0956. The molecule has 1 aliphatic rings. The number of fused-ring (bicyclic) bond motifs is 1. The van der Waals surface area contributed by atoms with Crippen molar-refractivity contribution in [2.75, 3.05) is 11.9 Å². The number of nitrogens with one attached hydrogen (secondary N) is 2. The largest absolute Gasteiger partial charge is 0.352 e. The fourth-order valence-electron chi connectivity index (χ4n) is 3.02. The third-order valence-electron chi connectivity index (χ3n) is 4.28. The van der Waals surface area contributed by atoms with Crippen LogP contribution in [0.15, 0.2) is 24.3 Å². The van der Waals surface area contributed by atoms with Gasteiger partial charge < -0.3 is 10.6 Å². The SMILES string of the molecule is CCNC(=O)c1c(NC(=O)c2ccc(C)cc2)sc2c1CCCC2. The van der Waals surface area contributed by atoms with Gasteiger partial charge in [-0.1, -0.05) is 17.7 Å². The first-order valence-corrected chi connectivity index (χ1v) is 9.22. The smallest absolute Gasteiger partial charge is 0.256 e. The molecule has 0 aliphatic heterocycles. The lowest BCUT2D eigenvalue weighted by Crippen LogP contribution is -2.25. The molecule has 0 fully saturated rings. The van der Waals surface area contributed by atoms with Gasteiger partial charge in [-0.15, -0.1) is 11.3 Å². The van der Waals surface area contributed by atoms with Crippen LogP contribution in [-0.4, -0.2) is 18.4 Å². The van der Waals surface area contributed by atoms with Crippen molar-refractivity contribution in [3.05, 3.63) is 51.4 Å². The first kappa shape index (κ1) is 16.7. The Kier molecular flexibility index (Phi) is 5.00. The van der Waals surface area contributed by atoms with E-state index in [4.69, 9.17) is 0 Å². The van der Waals surface area contributed by atoms with Gasteiger partial charge in [-0.25, -0.2) is 0 Å². The molecule has 0 saturated carbocycles. The van der Waals surface area contributed by atoms with Crippen LogP contribution >= 0.6 is 11.3 Å². The number of rotatable bonds is 4. The van der Waals surface area contributed by atoms with E-state index in [0.29, 0.717) is 22.7 Å². The molecule has 0 spiro atoms. The van der Waals surface area contributed by atoms with Gasteiger partial charge in [0, 0.05) is 17.0 Å².